The van der Waals surface area contributed by atoms with Gasteiger partial charge in [-0.15, -0.1) is 0 Å². The normalized spacial score (nSPS) is 10.5. The maximum Gasteiger partial charge on any atom is 0.251 e. The summed E-state index contributed by atoms with van der Waals surface area (Å²) in [7, 11) is 0. The van der Waals surface area contributed by atoms with Crippen LogP contribution < -0.4 is 5.56 Å². The standard InChI is InChI=1S/C11H18N2OS/c1-3-4-5-6-7-15-11-12-9(2)8-10(14)13-11/h8H,3-7H2,1-2H3,(H,12,13,14). The molecule has 3 nitrogen and oxygen atoms in total. The molecule has 0 fully saturated rings. The summed E-state index contributed by atoms with van der Waals surface area (Å²) in [5.74, 6) is 1.03. The van der Waals surface area contributed by atoms with E-state index in [0.29, 0.717) is 0 Å². The van der Waals surface area contributed by atoms with Crippen molar-refractivity contribution < 1.29 is 0 Å². The molecule has 1 heterocycles. The number of nitrogens with one attached hydrogen (secondary N) is 1. The number of nitrogens with zero attached hydrogens (tertiary/aromatic N) is 1. The summed E-state index contributed by atoms with van der Waals surface area (Å²) >= 11 is 1.63. The van der Waals surface area contributed by atoms with Crippen molar-refractivity contribution in [2.24, 2.45) is 0 Å². The summed E-state index contributed by atoms with van der Waals surface area (Å²) in [5, 5.41) is 0.747. The molecule has 15 heavy (non-hydrogen) atoms. The average Bonchev–Trinajstić information content (AvgIpc) is 2.16. The second-order valence-corrected chi connectivity index (χ2v) is 4.68. The fourth-order valence-electron chi connectivity index (χ4n) is 1.32. The third-order valence-corrected chi connectivity index (χ3v) is 3.04. The zero-order chi connectivity index (χ0) is 11.1. The van der Waals surface area contributed by atoms with Gasteiger partial charge in [-0.2, -0.15) is 0 Å². The summed E-state index contributed by atoms with van der Waals surface area (Å²) < 4.78 is 0. The number of aromatic nitrogens is 2. The Bertz CT molecular complexity index is 349. The molecule has 0 aliphatic rings. The minimum Gasteiger partial charge on any atom is -0.301 e. The van der Waals surface area contributed by atoms with Gasteiger partial charge in [0.05, 0.1) is 0 Å². The molecule has 0 amide bonds. The number of rotatable bonds is 6. The third-order valence-electron chi connectivity index (χ3n) is 2.08. The van der Waals surface area contributed by atoms with Crippen molar-refractivity contribution in [1.82, 2.24) is 9.97 Å². The van der Waals surface area contributed by atoms with Crippen molar-refractivity contribution in [3.63, 3.8) is 0 Å². The fourth-order valence-corrected chi connectivity index (χ4v) is 2.24. The van der Waals surface area contributed by atoms with E-state index < -0.39 is 0 Å². The number of hydrogen-bond donors (Lipinski definition) is 1. The monoisotopic (exact) mass is 226 g/mol. The highest BCUT2D eigenvalue weighted by atomic mass is 32.2. The van der Waals surface area contributed by atoms with E-state index in [1.54, 1.807) is 11.8 Å². The van der Waals surface area contributed by atoms with Gasteiger partial charge in [-0.3, -0.25) is 4.79 Å². The molecule has 0 spiro atoms. The quantitative estimate of drug-likeness (QED) is 0.461. The van der Waals surface area contributed by atoms with E-state index in [0.717, 1.165) is 16.6 Å². The maximum atomic E-state index is 11.1. The largest absolute Gasteiger partial charge is 0.301 e. The van der Waals surface area contributed by atoms with Crippen molar-refractivity contribution in [3.8, 4) is 0 Å². The van der Waals surface area contributed by atoms with Gasteiger partial charge in [-0.25, -0.2) is 4.98 Å². The third kappa shape index (κ3) is 5.02. The van der Waals surface area contributed by atoms with Crippen LogP contribution in [0, 0.1) is 6.92 Å². The van der Waals surface area contributed by atoms with Gasteiger partial charge in [0.2, 0.25) is 0 Å². The Labute approximate surface area is 94.7 Å². The number of unbranched alkanes of at least 4 members (excludes halogenated alkanes) is 3. The van der Waals surface area contributed by atoms with Gasteiger partial charge in [0.25, 0.3) is 5.56 Å². The summed E-state index contributed by atoms with van der Waals surface area (Å²) in [6.45, 7) is 4.04. The fraction of sp³-hybridized carbons (Fsp3) is 0.636. The van der Waals surface area contributed by atoms with Gasteiger partial charge in [-0.05, 0) is 13.3 Å². The predicted molar refractivity (Wildman–Crippen MR) is 64.5 cm³/mol. The number of H-pyrrole nitrogens is 1. The molecule has 0 bridgehead atoms. The zero-order valence-corrected chi connectivity index (χ0v) is 10.2. The van der Waals surface area contributed by atoms with Crippen LogP contribution in [-0.4, -0.2) is 15.7 Å². The molecular weight excluding hydrogens is 208 g/mol. The molecule has 0 aromatic carbocycles. The van der Waals surface area contributed by atoms with Crippen molar-refractivity contribution >= 4 is 11.8 Å². The first-order chi connectivity index (χ1) is 7.22. The Hall–Kier alpha value is -0.770. The number of aryl methyl sites for hydroxylation is 1. The van der Waals surface area contributed by atoms with Crippen LogP contribution in [0.4, 0.5) is 0 Å². The molecule has 0 radical (unpaired) electrons. The maximum absolute atomic E-state index is 11.1. The van der Waals surface area contributed by atoms with Gasteiger partial charge < -0.3 is 4.98 Å². The molecular formula is C11H18N2OS. The lowest BCUT2D eigenvalue weighted by Gasteiger charge is -2.01. The van der Waals surface area contributed by atoms with Crippen molar-refractivity contribution in [1.29, 1.82) is 0 Å². The Balaban J connectivity index is 2.34. The molecule has 1 rings (SSSR count). The Morgan fingerprint density at radius 2 is 2.20 bits per heavy atom. The highest BCUT2D eigenvalue weighted by Crippen LogP contribution is 2.14. The Kier molecular flexibility index (Phi) is 5.47. The second-order valence-electron chi connectivity index (χ2n) is 3.60. The molecule has 0 atom stereocenters. The number of thioether (sulfide) groups is 1. The van der Waals surface area contributed by atoms with Gasteiger partial charge in [0.1, 0.15) is 0 Å². The van der Waals surface area contributed by atoms with Crippen LogP contribution in [0.3, 0.4) is 0 Å². The lowest BCUT2D eigenvalue weighted by molar-refractivity contribution is 0.706. The highest BCUT2D eigenvalue weighted by Gasteiger charge is 1.98. The topological polar surface area (TPSA) is 45.8 Å². The van der Waals surface area contributed by atoms with Crippen LogP contribution in [0.2, 0.25) is 0 Å². The average molecular weight is 226 g/mol. The molecule has 0 saturated carbocycles. The van der Waals surface area contributed by atoms with Crippen LogP contribution in [0.5, 0.6) is 0 Å². The van der Waals surface area contributed by atoms with E-state index in [1.165, 1.54) is 31.7 Å². The molecule has 1 aromatic rings. The first kappa shape index (κ1) is 12.3. The van der Waals surface area contributed by atoms with Gasteiger partial charge in [0, 0.05) is 17.5 Å². The van der Waals surface area contributed by atoms with Crippen molar-refractivity contribution in [3.05, 3.63) is 22.1 Å². The molecule has 1 N–H and O–H groups in total. The van der Waals surface area contributed by atoms with E-state index in [2.05, 4.69) is 16.9 Å². The number of hydrogen-bond acceptors (Lipinski definition) is 3. The van der Waals surface area contributed by atoms with Crippen LogP contribution in [0.25, 0.3) is 0 Å². The zero-order valence-electron chi connectivity index (χ0n) is 9.38. The van der Waals surface area contributed by atoms with Crippen LogP contribution in [-0.2, 0) is 0 Å². The van der Waals surface area contributed by atoms with Crippen molar-refractivity contribution in [2.45, 2.75) is 44.7 Å². The van der Waals surface area contributed by atoms with E-state index >= 15 is 0 Å². The SMILES string of the molecule is CCCCCCSc1nc(C)cc(=O)[nH]1. The van der Waals surface area contributed by atoms with Crippen LogP contribution >= 0.6 is 11.8 Å². The summed E-state index contributed by atoms with van der Waals surface area (Å²) in [6, 6.07) is 1.52. The minimum atomic E-state index is -0.0569. The van der Waals surface area contributed by atoms with Crippen LogP contribution in [0.1, 0.15) is 38.3 Å². The van der Waals surface area contributed by atoms with Crippen LogP contribution in [0.15, 0.2) is 16.0 Å². The first-order valence-corrected chi connectivity index (χ1v) is 6.41. The van der Waals surface area contributed by atoms with Gasteiger partial charge in [0.15, 0.2) is 5.16 Å². The molecule has 1 aromatic heterocycles. The van der Waals surface area contributed by atoms with E-state index in [9.17, 15) is 4.79 Å². The summed E-state index contributed by atoms with van der Waals surface area (Å²) in [4.78, 5) is 18.1. The van der Waals surface area contributed by atoms with Crippen molar-refractivity contribution in [2.75, 3.05) is 5.75 Å². The molecule has 4 heteroatoms. The van der Waals surface area contributed by atoms with Gasteiger partial charge in [-0.1, -0.05) is 37.9 Å². The van der Waals surface area contributed by atoms with E-state index in [4.69, 9.17) is 0 Å². The Morgan fingerprint density at radius 3 is 2.87 bits per heavy atom. The Morgan fingerprint density at radius 1 is 1.40 bits per heavy atom. The van der Waals surface area contributed by atoms with E-state index in [-0.39, 0.29) is 5.56 Å². The predicted octanol–water partition coefficient (Wildman–Crippen LogP) is 2.75. The molecule has 0 unspecified atom stereocenters. The molecule has 0 aliphatic carbocycles. The number of aromatic amines is 1. The summed E-state index contributed by atoms with van der Waals surface area (Å²) in [6.07, 6.45) is 5.00. The lowest BCUT2D eigenvalue weighted by atomic mass is 10.2. The minimum absolute atomic E-state index is 0.0569. The lowest BCUT2D eigenvalue weighted by Crippen LogP contribution is -2.08. The second kappa shape index (κ2) is 6.67. The summed E-state index contributed by atoms with van der Waals surface area (Å²) in [5.41, 5.74) is 0.730. The van der Waals surface area contributed by atoms with E-state index in [1.807, 2.05) is 6.92 Å². The molecule has 84 valence electrons. The molecule has 0 aliphatic heterocycles. The first-order valence-electron chi connectivity index (χ1n) is 5.43. The van der Waals surface area contributed by atoms with Gasteiger partial charge >= 0.3 is 0 Å². The molecule has 0 saturated heterocycles. The smallest absolute Gasteiger partial charge is 0.251 e. The highest BCUT2D eigenvalue weighted by molar-refractivity contribution is 7.99.